The van der Waals surface area contributed by atoms with E-state index in [0.29, 0.717) is 0 Å². The largest absolute Gasteiger partial charge is 0.384 e. The molecule has 0 aromatic heterocycles. The van der Waals surface area contributed by atoms with Crippen molar-refractivity contribution >= 4 is 33.5 Å². The number of rotatable bonds is 2. The minimum absolute atomic E-state index is 0.114. The van der Waals surface area contributed by atoms with Crippen LogP contribution in [-0.4, -0.2) is 10.6 Å². The number of hydrogen-bond donors (Lipinski definition) is 2. The highest BCUT2D eigenvalue weighted by Crippen LogP contribution is 2.35. The molecular weight excluding hydrogens is 272 g/mol. The molecule has 0 unspecified atom stereocenters. The molecule has 2 nitrogen and oxygen atoms in total. The van der Waals surface area contributed by atoms with Crippen LogP contribution in [0, 0.1) is 5.41 Å². The van der Waals surface area contributed by atoms with Crippen LogP contribution >= 0.6 is 27.7 Å². The highest BCUT2D eigenvalue weighted by atomic mass is 79.9. The number of nitrogens with one attached hydrogen (secondary N) is 1. The van der Waals surface area contributed by atoms with E-state index in [2.05, 4.69) is 36.7 Å². The van der Waals surface area contributed by atoms with E-state index in [1.54, 1.807) is 11.8 Å². The lowest BCUT2D eigenvalue weighted by Crippen LogP contribution is -2.14. The maximum absolute atomic E-state index is 7.52. The fourth-order valence-electron chi connectivity index (χ4n) is 1.13. The van der Waals surface area contributed by atoms with E-state index in [1.807, 2.05) is 18.2 Å². The van der Waals surface area contributed by atoms with Crippen molar-refractivity contribution in [3.63, 3.8) is 0 Å². The molecule has 1 aromatic carbocycles. The fourth-order valence-corrected chi connectivity index (χ4v) is 2.57. The van der Waals surface area contributed by atoms with Gasteiger partial charge in [-0.05, 0) is 18.2 Å². The van der Waals surface area contributed by atoms with Crippen molar-refractivity contribution in [1.29, 1.82) is 5.41 Å². The summed E-state index contributed by atoms with van der Waals surface area (Å²) in [6.07, 6.45) is 0. The Kier molecular flexibility index (Phi) is 3.84. The molecule has 0 amide bonds. The molecule has 0 fully saturated rings. The second-order valence-electron chi connectivity index (χ2n) is 4.27. The number of benzene rings is 1. The van der Waals surface area contributed by atoms with Crippen LogP contribution in [0.15, 0.2) is 27.6 Å². The summed E-state index contributed by atoms with van der Waals surface area (Å²) in [7, 11) is 0. The number of amidine groups is 1. The molecule has 3 N–H and O–H groups in total. The maximum atomic E-state index is 7.52. The Balaban J connectivity index is 3.12. The molecule has 0 bridgehead atoms. The van der Waals surface area contributed by atoms with Crippen LogP contribution in [0.4, 0.5) is 0 Å². The van der Waals surface area contributed by atoms with Gasteiger partial charge in [0.05, 0.1) is 0 Å². The predicted molar refractivity (Wildman–Crippen MR) is 70.8 cm³/mol. The molecule has 0 atom stereocenters. The molecule has 0 saturated carbocycles. The summed E-state index contributed by atoms with van der Waals surface area (Å²) in [5.74, 6) is 0.114. The summed E-state index contributed by atoms with van der Waals surface area (Å²) >= 11 is 5.11. The average Bonchev–Trinajstić information content (AvgIpc) is 2.05. The van der Waals surface area contributed by atoms with Crippen molar-refractivity contribution in [2.45, 2.75) is 30.4 Å². The lowest BCUT2D eigenvalue weighted by molar-refractivity contribution is 0.802. The third-order valence-corrected chi connectivity index (χ3v) is 3.33. The van der Waals surface area contributed by atoms with E-state index in [4.69, 9.17) is 11.1 Å². The van der Waals surface area contributed by atoms with Gasteiger partial charge in [-0.25, -0.2) is 0 Å². The van der Waals surface area contributed by atoms with Gasteiger partial charge in [-0.3, -0.25) is 5.41 Å². The smallest absolute Gasteiger partial charge is 0.123 e. The Bertz CT molecular complexity index is 383. The van der Waals surface area contributed by atoms with E-state index >= 15 is 0 Å². The van der Waals surface area contributed by atoms with E-state index in [-0.39, 0.29) is 10.6 Å². The molecule has 0 saturated heterocycles. The zero-order valence-electron chi connectivity index (χ0n) is 9.10. The molecule has 1 rings (SSSR count). The molecular formula is C11H15BrN2S. The van der Waals surface area contributed by atoms with Crippen LogP contribution in [0.3, 0.4) is 0 Å². The number of nitrogen functional groups attached to an aromatic ring is 1. The minimum Gasteiger partial charge on any atom is -0.384 e. The molecule has 0 radical (unpaired) electrons. The minimum atomic E-state index is 0.114. The standard InChI is InChI=1S/C11H15BrN2S/c1-11(2,3)15-9-5-4-7(12)6-8(9)10(13)14/h4-6H,1-3H3,(H3,13,14). The van der Waals surface area contributed by atoms with Crippen LogP contribution < -0.4 is 5.73 Å². The Hall–Kier alpha value is -0.480. The molecule has 15 heavy (non-hydrogen) atoms. The first-order chi connectivity index (χ1) is 6.79. The Morgan fingerprint density at radius 1 is 1.40 bits per heavy atom. The zero-order valence-corrected chi connectivity index (χ0v) is 11.5. The summed E-state index contributed by atoms with van der Waals surface area (Å²) in [6, 6.07) is 5.85. The number of thioether (sulfide) groups is 1. The first-order valence-electron chi connectivity index (χ1n) is 4.62. The molecule has 0 heterocycles. The molecule has 0 aliphatic carbocycles. The van der Waals surface area contributed by atoms with Crippen LogP contribution in [0.5, 0.6) is 0 Å². The van der Waals surface area contributed by atoms with Crippen molar-refractivity contribution in [2.24, 2.45) is 5.73 Å². The third-order valence-electron chi connectivity index (χ3n) is 1.65. The van der Waals surface area contributed by atoms with Crippen molar-refractivity contribution in [3.8, 4) is 0 Å². The zero-order chi connectivity index (χ0) is 11.6. The van der Waals surface area contributed by atoms with Gasteiger partial charge in [-0.1, -0.05) is 36.7 Å². The molecule has 0 aliphatic rings. The maximum Gasteiger partial charge on any atom is 0.123 e. The second kappa shape index (κ2) is 4.58. The number of halogens is 1. The van der Waals surface area contributed by atoms with E-state index in [0.717, 1.165) is 14.9 Å². The van der Waals surface area contributed by atoms with Gasteiger partial charge in [-0.2, -0.15) is 0 Å². The SMILES string of the molecule is CC(C)(C)Sc1ccc(Br)cc1C(=N)N. The van der Waals surface area contributed by atoms with Crippen LogP contribution in [0.25, 0.3) is 0 Å². The summed E-state index contributed by atoms with van der Waals surface area (Å²) < 4.78 is 1.07. The average molecular weight is 287 g/mol. The molecule has 82 valence electrons. The van der Waals surface area contributed by atoms with E-state index < -0.39 is 0 Å². The highest BCUT2D eigenvalue weighted by molar-refractivity contribution is 9.10. The van der Waals surface area contributed by atoms with Gasteiger partial charge in [0.1, 0.15) is 5.84 Å². The van der Waals surface area contributed by atoms with Crippen molar-refractivity contribution in [1.82, 2.24) is 0 Å². The van der Waals surface area contributed by atoms with Gasteiger partial charge in [0.15, 0.2) is 0 Å². The lowest BCUT2D eigenvalue weighted by Gasteiger charge is -2.19. The summed E-state index contributed by atoms with van der Waals surface area (Å²) in [5.41, 5.74) is 6.35. The Morgan fingerprint density at radius 3 is 2.47 bits per heavy atom. The Morgan fingerprint density at radius 2 is 2.00 bits per heavy atom. The third kappa shape index (κ3) is 3.87. The van der Waals surface area contributed by atoms with Crippen molar-refractivity contribution in [3.05, 3.63) is 28.2 Å². The summed E-state index contributed by atoms with van der Waals surface area (Å²) in [6.45, 7) is 6.43. The van der Waals surface area contributed by atoms with E-state index in [1.165, 1.54) is 0 Å². The van der Waals surface area contributed by atoms with Crippen LogP contribution in [0.1, 0.15) is 26.3 Å². The summed E-state index contributed by atoms with van der Waals surface area (Å²) in [5, 5.41) is 7.52. The normalized spacial score (nSPS) is 11.5. The fraction of sp³-hybridized carbons (Fsp3) is 0.364. The second-order valence-corrected chi connectivity index (χ2v) is 7.05. The highest BCUT2D eigenvalue weighted by Gasteiger charge is 2.15. The van der Waals surface area contributed by atoms with Crippen LogP contribution in [0.2, 0.25) is 0 Å². The van der Waals surface area contributed by atoms with Crippen molar-refractivity contribution < 1.29 is 0 Å². The Labute approximate surface area is 103 Å². The first kappa shape index (κ1) is 12.6. The lowest BCUT2D eigenvalue weighted by atomic mass is 10.2. The van der Waals surface area contributed by atoms with Gasteiger partial charge < -0.3 is 5.73 Å². The van der Waals surface area contributed by atoms with Gasteiger partial charge in [0.25, 0.3) is 0 Å². The van der Waals surface area contributed by atoms with E-state index in [9.17, 15) is 0 Å². The molecule has 4 heteroatoms. The number of nitrogens with two attached hydrogens (primary N) is 1. The predicted octanol–water partition coefficient (Wildman–Crippen LogP) is 3.62. The molecule has 1 aromatic rings. The van der Waals surface area contributed by atoms with Crippen molar-refractivity contribution in [2.75, 3.05) is 0 Å². The van der Waals surface area contributed by atoms with Gasteiger partial charge >= 0.3 is 0 Å². The van der Waals surface area contributed by atoms with Gasteiger partial charge in [0, 0.05) is 19.7 Å². The molecule has 0 aliphatic heterocycles. The van der Waals surface area contributed by atoms with Gasteiger partial charge in [-0.15, -0.1) is 11.8 Å². The monoisotopic (exact) mass is 286 g/mol. The van der Waals surface area contributed by atoms with Crippen LogP contribution in [-0.2, 0) is 0 Å². The number of hydrogen-bond acceptors (Lipinski definition) is 2. The quantitative estimate of drug-likeness (QED) is 0.496. The van der Waals surface area contributed by atoms with Gasteiger partial charge in [0.2, 0.25) is 0 Å². The topological polar surface area (TPSA) is 49.9 Å². The molecule has 0 spiro atoms. The summed E-state index contributed by atoms with van der Waals surface area (Å²) in [4.78, 5) is 1.05. The first-order valence-corrected chi connectivity index (χ1v) is 6.23.